The largest absolute Gasteiger partial charge is 0.463 e. The Hall–Kier alpha value is -1.88. The van der Waals surface area contributed by atoms with E-state index in [-0.39, 0.29) is 5.82 Å². The van der Waals surface area contributed by atoms with Crippen LogP contribution in [-0.2, 0) is 11.3 Å². The Labute approximate surface area is 86.3 Å². The van der Waals surface area contributed by atoms with Crippen molar-refractivity contribution in [3.05, 3.63) is 29.6 Å². The normalized spacial score (nSPS) is 10.5. The second-order valence-corrected chi connectivity index (χ2v) is 3.09. The van der Waals surface area contributed by atoms with Crippen LogP contribution in [0.5, 0.6) is 0 Å². The van der Waals surface area contributed by atoms with Gasteiger partial charge in [-0.05, 0) is 11.6 Å². The summed E-state index contributed by atoms with van der Waals surface area (Å²) in [6.45, 7) is 0.392. The van der Waals surface area contributed by atoms with E-state index in [1.54, 1.807) is 0 Å². The summed E-state index contributed by atoms with van der Waals surface area (Å²) in [6.07, 6.45) is 0. The number of nitrogens with zero attached hydrogens (tertiary/aromatic N) is 1. The molecular weight excluding hydrogens is 194 g/mol. The number of imidazole rings is 1. The zero-order valence-electron chi connectivity index (χ0n) is 8.28. The SMILES string of the molecule is COC(=O)c1nc2c(CN)cccc2[nH]1. The highest BCUT2D eigenvalue weighted by Gasteiger charge is 2.12. The fraction of sp³-hybridized carbons (Fsp3) is 0.200. The van der Waals surface area contributed by atoms with Gasteiger partial charge in [0.25, 0.3) is 0 Å². The van der Waals surface area contributed by atoms with E-state index >= 15 is 0 Å². The first-order chi connectivity index (χ1) is 7.26. The molecule has 1 aromatic carbocycles. The summed E-state index contributed by atoms with van der Waals surface area (Å²) in [4.78, 5) is 18.3. The molecule has 15 heavy (non-hydrogen) atoms. The first kappa shape index (κ1) is 9.67. The van der Waals surface area contributed by atoms with Gasteiger partial charge in [0, 0.05) is 6.54 Å². The molecule has 1 aromatic heterocycles. The summed E-state index contributed by atoms with van der Waals surface area (Å²) in [5, 5.41) is 0. The lowest BCUT2D eigenvalue weighted by Gasteiger charge is -1.95. The number of para-hydroxylation sites is 1. The van der Waals surface area contributed by atoms with Crippen LogP contribution in [0.15, 0.2) is 18.2 Å². The first-order valence-electron chi connectivity index (χ1n) is 4.52. The van der Waals surface area contributed by atoms with Gasteiger partial charge in [0.1, 0.15) is 0 Å². The Bertz CT molecular complexity index is 504. The van der Waals surface area contributed by atoms with Gasteiger partial charge in [-0.3, -0.25) is 0 Å². The fourth-order valence-corrected chi connectivity index (χ4v) is 1.45. The van der Waals surface area contributed by atoms with E-state index < -0.39 is 5.97 Å². The standard InChI is InChI=1S/C10H11N3O2/c1-15-10(14)9-12-7-4-2-3-6(5-11)8(7)13-9/h2-4H,5,11H2,1H3,(H,12,13). The Morgan fingerprint density at radius 1 is 1.60 bits per heavy atom. The van der Waals surface area contributed by atoms with Crippen molar-refractivity contribution in [2.45, 2.75) is 6.54 Å². The summed E-state index contributed by atoms with van der Waals surface area (Å²) in [5.41, 5.74) is 7.98. The fourth-order valence-electron chi connectivity index (χ4n) is 1.45. The number of carbonyl (C=O) groups excluding carboxylic acids is 1. The summed E-state index contributed by atoms with van der Waals surface area (Å²) in [7, 11) is 1.32. The zero-order chi connectivity index (χ0) is 10.8. The minimum absolute atomic E-state index is 0.202. The van der Waals surface area contributed by atoms with Gasteiger partial charge in [-0.1, -0.05) is 12.1 Å². The van der Waals surface area contributed by atoms with Crippen LogP contribution < -0.4 is 5.73 Å². The molecule has 5 heteroatoms. The van der Waals surface area contributed by atoms with Gasteiger partial charge in [0.15, 0.2) is 0 Å². The van der Waals surface area contributed by atoms with Crippen molar-refractivity contribution in [2.24, 2.45) is 5.73 Å². The molecule has 0 unspecified atom stereocenters. The second kappa shape index (κ2) is 3.70. The van der Waals surface area contributed by atoms with Gasteiger partial charge in [0.05, 0.1) is 18.1 Å². The molecule has 0 amide bonds. The van der Waals surface area contributed by atoms with Crippen molar-refractivity contribution >= 4 is 17.0 Å². The number of nitrogens with two attached hydrogens (primary N) is 1. The van der Waals surface area contributed by atoms with Gasteiger partial charge in [-0.2, -0.15) is 0 Å². The maximum Gasteiger partial charge on any atom is 0.374 e. The zero-order valence-corrected chi connectivity index (χ0v) is 8.28. The summed E-state index contributed by atoms with van der Waals surface area (Å²) < 4.78 is 4.58. The molecule has 0 aliphatic carbocycles. The van der Waals surface area contributed by atoms with E-state index in [0.717, 1.165) is 16.6 Å². The summed E-state index contributed by atoms with van der Waals surface area (Å²) in [5.74, 6) is -0.275. The quantitative estimate of drug-likeness (QED) is 0.711. The Kier molecular flexibility index (Phi) is 2.39. The number of esters is 1. The third kappa shape index (κ3) is 1.57. The maximum atomic E-state index is 11.2. The van der Waals surface area contributed by atoms with Crippen molar-refractivity contribution in [1.29, 1.82) is 0 Å². The third-order valence-electron chi connectivity index (χ3n) is 2.19. The van der Waals surface area contributed by atoms with Crippen molar-refractivity contribution in [3.8, 4) is 0 Å². The lowest BCUT2D eigenvalue weighted by Crippen LogP contribution is -2.03. The van der Waals surface area contributed by atoms with E-state index in [4.69, 9.17) is 5.73 Å². The topological polar surface area (TPSA) is 81.0 Å². The number of methoxy groups -OCH3 is 1. The van der Waals surface area contributed by atoms with Crippen LogP contribution in [0.2, 0.25) is 0 Å². The molecule has 1 heterocycles. The van der Waals surface area contributed by atoms with E-state index in [0.29, 0.717) is 6.54 Å². The Morgan fingerprint density at radius 2 is 2.40 bits per heavy atom. The van der Waals surface area contributed by atoms with Crippen LogP contribution in [0.25, 0.3) is 11.0 Å². The molecule has 5 nitrogen and oxygen atoms in total. The predicted molar refractivity (Wildman–Crippen MR) is 55.3 cm³/mol. The van der Waals surface area contributed by atoms with Gasteiger partial charge in [-0.25, -0.2) is 9.78 Å². The number of rotatable bonds is 2. The molecule has 0 saturated carbocycles. The number of hydrogen-bond acceptors (Lipinski definition) is 4. The van der Waals surface area contributed by atoms with Gasteiger partial charge in [-0.15, -0.1) is 0 Å². The molecule has 0 aliphatic heterocycles. The molecule has 2 rings (SSSR count). The predicted octanol–water partition coefficient (Wildman–Crippen LogP) is 0.808. The molecule has 0 saturated heterocycles. The highest BCUT2D eigenvalue weighted by atomic mass is 16.5. The summed E-state index contributed by atoms with van der Waals surface area (Å²) >= 11 is 0. The smallest absolute Gasteiger partial charge is 0.374 e. The molecule has 3 N–H and O–H groups in total. The average molecular weight is 205 g/mol. The molecule has 78 valence electrons. The molecular formula is C10H11N3O2. The lowest BCUT2D eigenvalue weighted by molar-refractivity contribution is 0.0588. The Balaban J connectivity index is 2.60. The minimum atomic E-state index is -0.478. The number of carbonyl (C=O) groups is 1. The first-order valence-corrected chi connectivity index (χ1v) is 4.52. The highest BCUT2D eigenvalue weighted by Crippen LogP contribution is 2.16. The number of nitrogens with one attached hydrogen (secondary N) is 1. The van der Waals surface area contributed by atoms with Gasteiger partial charge < -0.3 is 15.5 Å². The number of ether oxygens (including phenoxy) is 1. The Morgan fingerprint density at radius 3 is 3.07 bits per heavy atom. The van der Waals surface area contributed by atoms with Crippen LogP contribution in [0.4, 0.5) is 0 Å². The van der Waals surface area contributed by atoms with E-state index in [2.05, 4.69) is 14.7 Å². The monoisotopic (exact) mass is 205 g/mol. The van der Waals surface area contributed by atoms with Crippen molar-refractivity contribution in [3.63, 3.8) is 0 Å². The van der Waals surface area contributed by atoms with E-state index in [1.165, 1.54) is 7.11 Å². The highest BCUT2D eigenvalue weighted by molar-refractivity contribution is 5.91. The molecule has 0 atom stereocenters. The summed E-state index contributed by atoms with van der Waals surface area (Å²) in [6, 6.07) is 5.59. The number of fused-ring (bicyclic) bond motifs is 1. The van der Waals surface area contributed by atoms with Crippen molar-refractivity contribution in [2.75, 3.05) is 7.11 Å². The lowest BCUT2D eigenvalue weighted by atomic mass is 10.2. The molecule has 0 aliphatic rings. The van der Waals surface area contributed by atoms with Crippen LogP contribution in [0, 0.1) is 0 Å². The van der Waals surface area contributed by atoms with E-state index in [9.17, 15) is 4.79 Å². The number of benzene rings is 1. The van der Waals surface area contributed by atoms with Crippen LogP contribution >= 0.6 is 0 Å². The number of aromatic nitrogens is 2. The van der Waals surface area contributed by atoms with Gasteiger partial charge >= 0.3 is 5.97 Å². The van der Waals surface area contributed by atoms with Crippen molar-refractivity contribution < 1.29 is 9.53 Å². The van der Waals surface area contributed by atoms with E-state index in [1.807, 2.05) is 18.2 Å². The number of aromatic amines is 1. The van der Waals surface area contributed by atoms with Crippen LogP contribution in [0.3, 0.4) is 0 Å². The van der Waals surface area contributed by atoms with Gasteiger partial charge in [0.2, 0.25) is 5.82 Å². The van der Waals surface area contributed by atoms with Crippen LogP contribution in [0.1, 0.15) is 16.2 Å². The molecule has 0 fully saturated rings. The minimum Gasteiger partial charge on any atom is -0.463 e. The number of H-pyrrole nitrogens is 1. The van der Waals surface area contributed by atoms with Crippen molar-refractivity contribution in [1.82, 2.24) is 9.97 Å². The number of hydrogen-bond donors (Lipinski definition) is 2. The molecule has 2 aromatic rings. The molecule has 0 radical (unpaired) electrons. The molecule has 0 bridgehead atoms. The maximum absolute atomic E-state index is 11.2. The average Bonchev–Trinajstić information content (AvgIpc) is 2.71. The molecule has 0 spiro atoms. The van der Waals surface area contributed by atoms with Crippen LogP contribution in [-0.4, -0.2) is 23.0 Å². The third-order valence-corrected chi connectivity index (χ3v) is 2.19. The second-order valence-electron chi connectivity index (χ2n) is 3.09.